The molecule has 0 aliphatic carbocycles. The molecule has 1 aliphatic heterocycles. The van der Waals surface area contributed by atoms with Crippen LogP contribution in [0, 0.1) is 0 Å². The summed E-state index contributed by atoms with van der Waals surface area (Å²) >= 11 is 0. The fraction of sp³-hybridized carbons (Fsp3) is 0.812. The molecule has 1 aliphatic rings. The lowest BCUT2D eigenvalue weighted by molar-refractivity contribution is 0.133. The molecule has 0 amide bonds. The Morgan fingerprint density at radius 2 is 2.10 bits per heavy atom. The third kappa shape index (κ3) is 4.32. The van der Waals surface area contributed by atoms with Gasteiger partial charge in [-0.15, -0.1) is 0 Å². The maximum Gasteiger partial charge on any atom is 0.0765 e. The van der Waals surface area contributed by atoms with Gasteiger partial charge >= 0.3 is 0 Å². The van der Waals surface area contributed by atoms with E-state index in [0.29, 0.717) is 18.1 Å². The van der Waals surface area contributed by atoms with Crippen molar-refractivity contribution >= 4 is 0 Å². The van der Waals surface area contributed by atoms with Crippen LogP contribution in [0.2, 0.25) is 0 Å². The van der Waals surface area contributed by atoms with Gasteiger partial charge in [0.2, 0.25) is 0 Å². The average Bonchev–Trinajstić information content (AvgIpc) is 2.86. The minimum atomic E-state index is 0.448. The fourth-order valence-electron chi connectivity index (χ4n) is 2.83. The van der Waals surface area contributed by atoms with Crippen LogP contribution in [0.5, 0.6) is 0 Å². The highest BCUT2D eigenvalue weighted by molar-refractivity contribution is 5.00. The van der Waals surface area contributed by atoms with Gasteiger partial charge in [-0.3, -0.25) is 9.58 Å². The Labute approximate surface area is 123 Å². The van der Waals surface area contributed by atoms with Gasteiger partial charge in [0.1, 0.15) is 0 Å². The van der Waals surface area contributed by atoms with Crippen molar-refractivity contribution in [3.05, 3.63) is 18.0 Å². The third-order valence-corrected chi connectivity index (χ3v) is 4.07. The van der Waals surface area contributed by atoms with Gasteiger partial charge in [-0.1, -0.05) is 20.3 Å². The molecule has 0 radical (unpaired) electrons. The van der Waals surface area contributed by atoms with Gasteiger partial charge in [0.25, 0.3) is 0 Å². The Kier molecular flexibility index (Phi) is 5.61. The van der Waals surface area contributed by atoms with Crippen LogP contribution < -0.4 is 5.32 Å². The van der Waals surface area contributed by atoms with Crippen LogP contribution in [0.25, 0.3) is 0 Å². The second-order valence-corrected chi connectivity index (χ2v) is 6.56. The second-order valence-electron chi connectivity index (χ2n) is 6.56. The van der Waals surface area contributed by atoms with Crippen molar-refractivity contribution in [1.82, 2.24) is 20.0 Å². The standard InChI is InChI=1S/C16H30N4/c1-13(2)17-11-16-7-5-6-9-19(16)12-15-8-10-20(18-15)14(3)4/h8,10,13-14,16-17H,5-7,9,11-12H2,1-4H3. The van der Waals surface area contributed by atoms with Gasteiger partial charge in [0.05, 0.1) is 5.69 Å². The molecule has 1 atom stereocenters. The molecule has 1 fully saturated rings. The van der Waals surface area contributed by atoms with Crippen LogP contribution in [0.3, 0.4) is 0 Å². The highest BCUT2D eigenvalue weighted by Gasteiger charge is 2.23. The largest absolute Gasteiger partial charge is 0.313 e. The molecule has 0 saturated carbocycles. The number of piperidine rings is 1. The van der Waals surface area contributed by atoms with Gasteiger partial charge in [0.15, 0.2) is 0 Å². The molecule has 2 heterocycles. The van der Waals surface area contributed by atoms with Gasteiger partial charge in [-0.2, -0.15) is 5.10 Å². The first-order valence-electron chi connectivity index (χ1n) is 8.07. The number of nitrogens with zero attached hydrogens (tertiary/aromatic N) is 3. The summed E-state index contributed by atoms with van der Waals surface area (Å²) in [6.07, 6.45) is 6.10. The Morgan fingerprint density at radius 1 is 1.30 bits per heavy atom. The van der Waals surface area contributed by atoms with E-state index in [0.717, 1.165) is 13.1 Å². The summed E-state index contributed by atoms with van der Waals surface area (Å²) in [7, 11) is 0. The van der Waals surface area contributed by atoms with Crippen LogP contribution in [0.1, 0.15) is 58.7 Å². The molecule has 2 rings (SSSR count). The van der Waals surface area contributed by atoms with Crippen LogP contribution >= 0.6 is 0 Å². The summed E-state index contributed by atoms with van der Waals surface area (Å²) in [4.78, 5) is 2.60. The van der Waals surface area contributed by atoms with E-state index in [-0.39, 0.29) is 0 Å². The third-order valence-electron chi connectivity index (χ3n) is 4.07. The zero-order valence-electron chi connectivity index (χ0n) is 13.5. The quantitative estimate of drug-likeness (QED) is 0.868. The number of hydrogen-bond acceptors (Lipinski definition) is 3. The van der Waals surface area contributed by atoms with Gasteiger partial charge in [0, 0.05) is 37.4 Å². The predicted molar refractivity (Wildman–Crippen MR) is 83.8 cm³/mol. The Hall–Kier alpha value is -0.870. The Bertz CT molecular complexity index is 397. The summed E-state index contributed by atoms with van der Waals surface area (Å²) in [5, 5.41) is 8.28. The minimum Gasteiger partial charge on any atom is -0.313 e. The summed E-state index contributed by atoms with van der Waals surface area (Å²) in [6, 6.07) is 3.85. The minimum absolute atomic E-state index is 0.448. The molecule has 1 unspecified atom stereocenters. The fourth-order valence-corrected chi connectivity index (χ4v) is 2.83. The van der Waals surface area contributed by atoms with E-state index in [1.165, 1.54) is 31.5 Å². The van der Waals surface area contributed by atoms with Crippen molar-refractivity contribution in [3.63, 3.8) is 0 Å². The Morgan fingerprint density at radius 3 is 2.75 bits per heavy atom. The van der Waals surface area contributed by atoms with E-state index < -0.39 is 0 Å². The van der Waals surface area contributed by atoms with Crippen molar-refractivity contribution in [2.24, 2.45) is 0 Å². The number of rotatable bonds is 6. The molecule has 114 valence electrons. The van der Waals surface area contributed by atoms with Gasteiger partial charge < -0.3 is 5.32 Å². The van der Waals surface area contributed by atoms with Crippen LogP contribution in [0.4, 0.5) is 0 Å². The molecule has 1 saturated heterocycles. The maximum atomic E-state index is 4.69. The average molecular weight is 278 g/mol. The van der Waals surface area contributed by atoms with Crippen molar-refractivity contribution in [2.45, 2.75) is 71.6 Å². The van der Waals surface area contributed by atoms with Crippen molar-refractivity contribution in [1.29, 1.82) is 0 Å². The number of hydrogen-bond donors (Lipinski definition) is 1. The normalized spacial score (nSPS) is 21.0. The van der Waals surface area contributed by atoms with Crippen molar-refractivity contribution < 1.29 is 0 Å². The molecule has 4 heteroatoms. The summed E-state index contributed by atoms with van der Waals surface area (Å²) in [6.45, 7) is 12.1. The highest BCUT2D eigenvalue weighted by Crippen LogP contribution is 2.19. The topological polar surface area (TPSA) is 33.1 Å². The monoisotopic (exact) mass is 278 g/mol. The molecule has 1 N–H and O–H groups in total. The maximum absolute atomic E-state index is 4.69. The number of likely N-dealkylation sites (tertiary alicyclic amines) is 1. The molecule has 0 bridgehead atoms. The van der Waals surface area contributed by atoms with Crippen LogP contribution in [-0.2, 0) is 6.54 Å². The molecular formula is C16H30N4. The van der Waals surface area contributed by atoms with E-state index in [1.807, 2.05) is 0 Å². The highest BCUT2D eigenvalue weighted by atomic mass is 15.3. The van der Waals surface area contributed by atoms with E-state index in [1.54, 1.807) is 0 Å². The Balaban J connectivity index is 1.93. The zero-order chi connectivity index (χ0) is 14.5. The molecular weight excluding hydrogens is 248 g/mol. The van der Waals surface area contributed by atoms with E-state index in [9.17, 15) is 0 Å². The first-order valence-corrected chi connectivity index (χ1v) is 8.07. The lowest BCUT2D eigenvalue weighted by Crippen LogP contribution is -2.46. The first-order chi connectivity index (χ1) is 9.56. The van der Waals surface area contributed by atoms with Gasteiger partial charge in [-0.25, -0.2) is 0 Å². The van der Waals surface area contributed by atoms with Gasteiger partial charge in [-0.05, 0) is 39.3 Å². The second kappa shape index (κ2) is 7.23. The lowest BCUT2D eigenvalue weighted by Gasteiger charge is -2.35. The molecule has 20 heavy (non-hydrogen) atoms. The van der Waals surface area contributed by atoms with E-state index in [2.05, 4.69) is 60.0 Å². The summed E-state index contributed by atoms with van der Waals surface area (Å²) in [5.41, 5.74) is 1.20. The summed E-state index contributed by atoms with van der Waals surface area (Å²) in [5.74, 6) is 0. The number of aromatic nitrogens is 2. The lowest BCUT2D eigenvalue weighted by atomic mass is 10.0. The van der Waals surface area contributed by atoms with E-state index >= 15 is 0 Å². The summed E-state index contributed by atoms with van der Waals surface area (Å²) < 4.78 is 2.06. The molecule has 1 aromatic rings. The van der Waals surface area contributed by atoms with Crippen LogP contribution in [0.15, 0.2) is 12.3 Å². The molecule has 0 spiro atoms. The zero-order valence-corrected chi connectivity index (χ0v) is 13.5. The number of nitrogens with one attached hydrogen (secondary N) is 1. The molecule has 0 aromatic carbocycles. The first kappa shape index (κ1) is 15.5. The van der Waals surface area contributed by atoms with E-state index in [4.69, 9.17) is 0 Å². The SMILES string of the molecule is CC(C)NCC1CCCCN1Cc1ccn(C(C)C)n1. The molecule has 1 aromatic heterocycles. The molecule has 4 nitrogen and oxygen atoms in total. The van der Waals surface area contributed by atoms with Crippen molar-refractivity contribution in [2.75, 3.05) is 13.1 Å². The predicted octanol–water partition coefficient (Wildman–Crippen LogP) is 2.82. The van der Waals surface area contributed by atoms with Crippen molar-refractivity contribution in [3.8, 4) is 0 Å². The smallest absolute Gasteiger partial charge is 0.0765 e. The van der Waals surface area contributed by atoms with Crippen LogP contribution in [-0.4, -0.2) is 39.9 Å².